The first kappa shape index (κ1) is 17.1. The average molecular weight is 329 g/mol. The summed E-state index contributed by atoms with van der Waals surface area (Å²) >= 11 is 4.19. The highest BCUT2D eigenvalue weighted by molar-refractivity contribution is 7.80. The van der Waals surface area contributed by atoms with Gasteiger partial charge in [-0.1, -0.05) is 6.07 Å². The molecule has 1 amide bonds. The van der Waals surface area contributed by atoms with Crippen molar-refractivity contribution in [3.8, 4) is 0 Å². The highest BCUT2D eigenvalue weighted by Crippen LogP contribution is 2.17. The van der Waals surface area contributed by atoms with Gasteiger partial charge in [0.25, 0.3) is 5.91 Å². The van der Waals surface area contributed by atoms with Gasteiger partial charge in [-0.15, -0.1) is 12.6 Å². The second kappa shape index (κ2) is 6.87. The van der Waals surface area contributed by atoms with Crippen molar-refractivity contribution >= 4 is 30.2 Å². The van der Waals surface area contributed by atoms with Gasteiger partial charge in [0, 0.05) is 16.1 Å². The first-order valence-electron chi connectivity index (χ1n) is 7.18. The minimum atomic E-state index is -0.565. The first-order chi connectivity index (χ1) is 10.7. The highest BCUT2D eigenvalue weighted by Gasteiger charge is 2.18. The van der Waals surface area contributed by atoms with Crippen LogP contribution in [0.4, 0.5) is 5.69 Å². The van der Waals surface area contributed by atoms with Gasteiger partial charge >= 0.3 is 5.97 Å². The van der Waals surface area contributed by atoms with Crippen molar-refractivity contribution in [2.24, 2.45) is 0 Å². The van der Waals surface area contributed by atoms with Crippen molar-refractivity contribution in [1.29, 1.82) is 0 Å². The van der Waals surface area contributed by atoms with E-state index in [-0.39, 0.29) is 5.91 Å². The quantitative estimate of drug-likeness (QED) is 0.656. The van der Waals surface area contributed by atoms with Crippen molar-refractivity contribution in [3.05, 3.63) is 59.7 Å². The maximum atomic E-state index is 12.2. The molecule has 2 aromatic rings. The number of ether oxygens (including phenoxy) is 1. The van der Waals surface area contributed by atoms with Crippen LogP contribution < -0.4 is 5.32 Å². The number of benzene rings is 2. The lowest BCUT2D eigenvalue weighted by Crippen LogP contribution is -2.24. The summed E-state index contributed by atoms with van der Waals surface area (Å²) < 4.78 is 5.32. The van der Waals surface area contributed by atoms with Crippen LogP contribution in [0, 0.1) is 0 Å². The Balaban J connectivity index is 2.12. The fourth-order valence-electron chi connectivity index (χ4n) is 1.88. The Labute approximate surface area is 141 Å². The van der Waals surface area contributed by atoms with Crippen molar-refractivity contribution in [1.82, 2.24) is 0 Å². The molecule has 1 N–H and O–H groups in total. The fourth-order valence-corrected chi connectivity index (χ4v) is 2.03. The molecule has 0 heterocycles. The minimum absolute atomic E-state index is 0.250. The normalized spacial score (nSPS) is 11.0. The Hall–Kier alpha value is -2.27. The maximum Gasteiger partial charge on any atom is 0.338 e. The standard InChI is InChI=1S/C18H19NO3S/c1-18(2,3)22-17(21)13-5-4-6-14(11-13)19-16(20)12-7-9-15(23)10-8-12/h4-11,23H,1-3H3,(H,19,20). The van der Waals surface area contributed by atoms with E-state index in [0.717, 1.165) is 4.90 Å². The van der Waals surface area contributed by atoms with Gasteiger partial charge in [-0.2, -0.15) is 0 Å². The summed E-state index contributed by atoms with van der Waals surface area (Å²) in [6.07, 6.45) is 0. The van der Waals surface area contributed by atoms with Gasteiger partial charge in [-0.05, 0) is 63.2 Å². The lowest BCUT2D eigenvalue weighted by Gasteiger charge is -2.19. The third kappa shape index (κ3) is 5.14. The van der Waals surface area contributed by atoms with Crippen molar-refractivity contribution < 1.29 is 14.3 Å². The molecule has 0 bridgehead atoms. The zero-order valence-corrected chi connectivity index (χ0v) is 14.2. The van der Waals surface area contributed by atoms with Gasteiger partial charge in [0.1, 0.15) is 5.60 Å². The van der Waals surface area contributed by atoms with E-state index >= 15 is 0 Å². The first-order valence-corrected chi connectivity index (χ1v) is 7.63. The molecule has 0 unspecified atom stereocenters. The molecule has 0 aromatic heterocycles. The number of amides is 1. The maximum absolute atomic E-state index is 12.2. The number of anilines is 1. The number of nitrogens with one attached hydrogen (secondary N) is 1. The topological polar surface area (TPSA) is 55.4 Å². The van der Waals surface area contributed by atoms with E-state index in [0.29, 0.717) is 16.8 Å². The number of thiol groups is 1. The Morgan fingerprint density at radius 1 is 1.00 bits per heavy atom. The largest absolute Gasteiger partial charge is 0.456 e. The van der Waals surface area contributed by atoms with Gasteiger partial charge in [-0.3, -0.25) is 4.79 Å². The summed E-state index contributed by atoms with van der Waals surface area (Å²) in [7, 11) is 0. The fraction of sp³-hybridized carbons (Fsp3) is 0.222. The van der Waals surface area contributed by atoms with Crippen LogP contribution in [0.25, 0.3) is 0 Å². The van der Waals surface area contributed by atoms with Crippen LogP contribution >= 0.6 is 12.6 Å². The molecule has 0 aliphatic carbocycles. The number of rotatable bonds is 3. The molecule has 120 valence electrons. The second-order valence-corrected chi connectivity index (χ2v) is 6.60. The Morgan fingerprint density at radius 2 is 1.65 bits per heavy atom. The van der Waals surface area contributed by atoms with Crippen LogP contribution in [-0.2, 0) is 4.74 Å². The monoisotopic (exact) mass is 329 g/mol. The van der Waals surface area contributed by atoms with Crippen LogP contribution in [0.3, 0.4) is 0 Å². The predicted octanol–water partition coefficient (Wildman–Crippen LogP) is 4.18. The lowest BCUT2D eigenvalue weighted by atomic mass is 10.1. The Morgan fingerprint density at radius 3 is 2.26 bits per heavy atom. The summed E-state index contributed by atoms with van der Waals surface area (Å²) in [6, 6.07) is 13.5. The molecular weight excluding hydrogens is 310 g/mol. The van der Waals surface area contributed by atoms with Crippen LogP contribution in [-0.4, -0.2) is 17.5 Å². The van der Waals surface area contributed by atoms with E-state index in [1.54, 1.807) is 48.5 Å². The third-order valence-corrected chi connectivity index (χ3v) is 3.18. The van der Waals surface area contributed by atoms with Crippen molar-refractivity contribution in [3.63, 3.8) is 0 Å². The SMILES string of the molecule is CC(C)(C)OC(=O)c1cccc(NC(=O)c2ccc(S)cc2)c1. The van der Waals surface area contributed by atoms with E-state index in [2.05, 4.69) is 17.9 Å². The third-order valence-electron chi connectivity index (χ3n) is 2.88. The molecule has 0 saturated heterocycles. The van der Waals surface area contributed by atoms with Crippen LogP contribution in [0.2, 0.25) is 0 Å². The van der Waals surface area contributed by atoms with Crippen LogP contribution in [0.15, 0.2) is 53.4 Å². The predicted molar refractivity (Wildman–Crippen MR) is 93.3 cm³/mol. The van der Waals surface area contributed by atoms with E-state index in [9.17, 15) is 9.59 Å². The number of carbonyl (C=O) groups excluding carboxylic acids is 2. The van der Waals surface area contributed by atoms with E-state index in [1.807, 2.05) is 20.8 Å². The molecular formula is C18H19NO3S. The molecule has 0 saturated carbocycles. The summed E-state index contributed by atoms with van der Waals surface area (Å²) in [5.41, 5.74) is 0.882. The molecule has 0 aliphatic heterocycles. The van der Waals surface area contributed by atoms with Gasteiger partial charge in [0.15, 0.2) is 0 Å². The number of hydrogen-bond acceptors (Lipinski definition) is 4. The van der Waals surface area contributed by atoms with E-state index in [1.165, 1.54) is 0 Å². The molecule has 2 rings (SSSR count). The molecule has 2 aromatic carbocycles. The molecule has 23 heavy (non-hydrogen) atoms. The summed E-state index contributed by atoms with van der Waals surface area (Å²) in [5, 5.41) is 2.76. The van der Waals surface area contributed by atoms with Gasteiger partial charge in [0.05, 0.1) is 5.56 Å². The van der Waals surface area contributed by atoms with Crippen molar-refractivity contribution in [2.75, 3.05) is 5.32 Å². The van der Waals surface area contributed by atoms with Gasteiger partial charge in [-0.25, -0.2) is 4.79 Å². The zero-order chi connectivity index (χ0) is 17.0. The molecule has 0 radical (unpaired) electrons. The van der Waals surface area contributed by atoms with Gasteiger partial charge in [0.2, 0.25) is 0 Å². The lowest BCUT2D eigenvalue weighted by molar-refractivity contribution is 0.00694. The Bertz CT molecular complexity index is 718. The number of carbonyl (C=O) groups is 2. The summed E-state index contributed by atoms with van der Waals surface area (Å²) in [5.74, 6) is -0.673. The molecule has 5 heteroatoms. The minimum Gasteiger partial charge on any atom is -0.456 e. The van der Waals surface area contributed by atoms with E-state index < -0.39 is 11.6 Å². The summed E-state index contributed by atoms with van der Waals surface area (Å²) in [6.45, 7) is 5.42. The van der Waals surface area contributed by atoms with Crippen molar-refractivity contribution in [2.45, 2.75) is 31.3 Å². The van der Waals surface area contributed by atoms with Crippen LogP contribution in [0.1, 0.15) is 41.5 Å². The number of esters is 1. The molecule has 0 fully saturated rings. The Kier molecular flexibility index (Phi) is 5.11. The second-order valence-electron chi connectivity index (χ2n) is 6.08. The highest BCUT2D eigenvalue weighted by atomic mass is 32.1. The molecule has 0 spiro atoms. The van der Waals surface area contributed by atoms with Crippen LogP contribution in [0.5, 0.6) is 0 Å². The molecule has 4 nitrogen and oxygen atoms in total. The van der Waals surface area contributed by atoms with Gasteiger partial charge < -0.3 is 10.1 Å². The van der Waals surface area contributed by atoms with E-state index in [4.69, 9.17) is 4.74 Å². The smallest absolute Gasteiger partial charge is 0.338 e. The zero-order valence-electron chi connectivity index (χ0n) is 13.3. The number of hydrogen-bond donors (Lipinski definition) is 2. The average Bonchev–Trinajstić information content (AvgIpc) is 2.46. The molecule has 0 atom stereocenters. The molecule has 0 aliphatic rings. The summed E-state index contributed by atoms with van der Waals surface area (Å²) in [4.78, 5) is 25.0.